The van der Waals surface area contributed by atoms with Crippen LogP contribution < -0.4 is 12.4 Å². The van der Waals surface area contributed by atoms with Crippen molar-refractivity contribution >= 4 is 10.8 Å². The summed E-state index contributed by atoms with van der Waals surface area (Å²) in [6.07, 6.45) is 0. The van der Waals surface area contributed by atoms with E-state index in [9.17, 15) is 0 Å². The van der Waals surface area contributed by atoms with Crippen molar-refractivity contribution in [1.82, 2.24) is 0 Å². The topological polar surface area (TPSA) is 40.5 Å². The minimum absolute atomic E-state index is 0. The van der Waals surface area contributed by atoms with Gasteiger partial charge in [-0.25, -0.2) is 0 Å². The number of fused-ring (bicyclic) bond motifs is 1. The molecule has 0 aliphatic heterocycles. The van der Waals surface area contributed by atoms with E-state index >= 15 is 0 Å². The minimum atomic E-state index is 0. The Morgan fingerprint density at radius 3 is 2.00 bits per heavy atom. The fourth-order valence-electron chi connectivity index (χ4n) is 1.07. The first-order valence-corrected chi connectivity index (χ1v) is 3.97. The SMILES string of the molecule is CO.CO.[Cl-].[Ti].c1ccc2[cH-]ccc2c1. The summed E-state index contributed by atoms with van der Waals surface area (Å²) in [6.45, 7) is 0. The molecule has 2 aromatic carbocycles. The van der Waals surface area contributed by atoms with Crippen molar-refractivity contribution in [3.8, 4) is 0 Å². The van der Waals surface area contributed by atoms with Crippen molar-refractivity contribution in [1.29, 1.82) is 0 Å². The Morgan fingerprint density at radius 1 is 0.933 bits per heavy atom. The van der Waals surface area contributed by atoms with Crippen molar-refractivity contribution in [2.45, 2.75) is 0 Å². The molecule has 0 atom stereocenters. The normalized spacial score (nSPS) is 6.93. The van der Waals surface area contributed by atoms with E-state index in [1.165, 1.54) is 10.8 Å². The Kier molecular flexibility index (Phi) is 18.5. The minimum Gasteiger partial charge on any atom is -1.00 e. The molecule has 0 spiro atoms. The van der Waals surface area contributed by atoms with Gasteiger partial charge in [0.05, 0.1) is 0 Å². The molecule has 0 saturated heterocycles. The van der Waals surface area contributed by atoms with Crippen molar-refractivity contribution in [3.63, 3.8) is 0 Å². The molecule has 2 N–H and O–H groups in total. The zero-order valence-corrected chi connectivity index (χ0v) is 11.1. The van der Waals surface area contributed by atoms with Gasteiger partial charge in [-0.1, -0.05) is 6.07 Å². The predicted molar refractivity (Wildman–Crippen MR) is 55.8 cm³/mol. The Labute approximate surface area is 112 Å². The molecule has 0 bridgehead atoms. The van der Waals surface area contributed by atoms with Crippen molar-refractivity contribution in [2.75, 3.05) is 14.2 Å². The molecule has 0 fully saturated rings. The predicted octanol–water partition coefficient (Wildman–Crippen LogP) is -1.22. The molecule has 0 radical (unpaired) electrons. The standard InChI is InChI=1S/C9H7.2CH4O.ClH.Ti/c1-2-5-9-7-3-6-8(9)4-1;2*1-2;;/h1-7H;2*2H,1H3;1H;/q-1;;;;/p-1. The van der Waals surface area contributed by atoms with Gasteiger partial charge < -0.3 is 22.6 Å². The van der Waals surface area contributed by atoms with Crippen molar-refractivity contribution in [2.24, 2.45) is 0 Å². The van der Waals surface area contributed by atoms with Crippen LogP contribution in [-0.4, -0.2) is 24.4 Å². The van der Waals surface area contributed by atoms with Gasteiger partial charge in [-0.3, -0.25) is 0 Å². The van der Waals surface area contributed by atoms with E-state index in [1.807, 2.05) is 0 Å². The first-order valence-electron chi connectivity index (χ1n) is 3.97. The molecule has 0 aromatic heterocycles. The molecular weight excluding hydrogens is 247 g/mol. The summed E-state index contributed by atoms with van der Waals surface area (Å²) in [4.78, 5) is 0. The average Bonchev–Trinajstić information content (AvgIpc) is 2.71. The molecule has 84 valence electrons. The summed E-state index contributed by atoms with van der Waals surface area (Å²) in [5, 5.41) is 16.7. The maximum atomic E-state index is 7.00. The molecule has 2 rings (SSSR count). The fourth-order valence-corrected chi connectivity index (χ4v) is 1.07. The van der Waals surface area contributed by atoms with Crippen LogP contribution in [0.25, 0.3) is 10.8 Å². The average molecular weight is 263 g/mol. The van der Waals surface area contributed by atoms with Crippen LogP contribution in [0.5, 0.6) is 0 Å². The number of hydrogen-bond donors (Lipinski definition) is 2. The first kappa shape index (κ1) is 20.2. The van der Waals surface area contributed by atoms with Gasteiger partial charge in [0.15, 0.2) is 0 Å². The van der Waals surface area contributed by atoms with E-state index < -0.39 is 0 Å². The number of hydrogen-bond acceptors (Lipinski definition) is 2. The van der Waals surface area contributed by atoms with Gasteiger partial charge in [-0.2, -0.15) is 17.5 Å². The molecule has 0 aliphatic rings. The van der Waals surface area contributed by atoms with E-state index in [0.29, 0.717) is 0 Å². The molecule has 0 aliphatic carbocycles. The Hall–Kier alpha value is -0.246. The van der Waals surface area contributed by atoms with Crippen molar-refractivity contribution < 1.29 is 44.3 Å². The molecule has 0 heterocycles. The third-order valence-electron chi connectivity index (χ3n) is 1.55. The summed E-state index contributed by atoms with van der Waals surface area (Å²) in [7, 11) is 2.00. The second kappa shape index (κ2) is 13.8. The monoisotopic (exact) mass is 262 g/mol. The van der Waals surface area contributed by atoms with Gasteiger partial charge >= 0.3 is 0 Å². The van der Waals surface area contributed by atoms with Gasteiger partial charge in [-0.15, -0.1) is 29.7 Å². The van der Waals surface area contributed by atoms with E-state index in [-0.39, 0.29) is 34.1 Å². The van der Waals surface area contributed by atoms with Crippen LogP contribution in [0.2, 0.25) is 0 Å². The Balaban J connectivity index is -0.000000218. The van der Waals surface area contributed by atoms with Gasteiger partial charge in [0, 0.05) is 35.9 Å². The molecular formula is C11H15ClO2Ti-2. The second-order valence-electron chi connectivity index (χ2n) is 2.15. The van der Waals surface area contributed by atoms with E-state index in [0.717, 1.165) is 14.2 Å². The molecule has 2 aromatic rings. The number of rotatable bonds is 0. The summed E-state index contributed by atoms with van der Waals surface area (Å²) < 4.78 is 0. The molecule has 15 heavy (non-hydrogen) atoms. The molecule has 2 nitrogen and oxygen atoms in total. The Bertz CT molecular complexity index is 293. The number of aliphatic hydroxyl groups excluding tert-OH is 2. The first-order chi connectivity index (χ1) is 6.47. The van der Waals surface area contributed by atoms with Crippen LogP contribution in [0.3, 0.4) is 0 Å². The fraction of sp³-hybridized carbons (Fsp3) is 0.182. The quantitative estimate of drug-likeness (QED) is 0.461. The van der Waals surface area contributed by atoms with Crippen LogP contribution in [-0.2, 0) is 21.7 Å². The summed E-state index contributed by atoms with van der Waals surface area (Å²) >= 11 is 0. The molecule has 0 saturated carbocycles. The van der Waals surface area contributed by atoms with Gasteiger partial charge in [-0.05, 0) is 0 Å². The van der Waals surface area contributed by atoms with Crippen LogP contribution in [0, 0.1) is 0 Å². The summed E-state index contributed by atoms with van der Waals surface area (Å²) in [6, 6.07) is 14.7. The third kappa shape index (κ3) is 6.77. The van der Waals surface area contributed by atoms with E-state index in [1.54, 1.807) is 0 Å². The molecule has 4 heteroatoms. The maximum absolute atomic E-state index is 7.00. The van der Waals surface area contributed by atoms with Crippen LogP contribution >= 0.6 is 0 Å². The summed E-state index contributed by atoms with van der Waals surface area (Å²) in [5.41, 5.74) is 0. The van der Waals surface area contributed by atoms with E-state index in [4.69, 9.17) is 10.2 Å². The summed E-state index contributed by atoms with van der Waals surface area (Å²) in [5.74, 6) is 0. The van der Waals surface area contributed by atoms with Gasteiger partial charge in [0.2, 0.25) is 0 Å². The smallest absolute Gasteiger partial charge is 0.0319 e. The molecule has 0 amide bonds. The second-order valence-corrected chi connectivity index (χ2v) is 2.15. The maximum Gasteiger partial charge on any atom is 0.0319 e. The van der Waals surface area contributed by atoms with Crippen LogP contribution in [0.4, 0.5) is 0 Å². The third-order valence-corrected chi connectivity index (χ3v) is 1.55. The number of benzene rings is 1. The molecule has 0 unspecified atom stereocenters. The zero-order chi connectivity index (χ0) is 10.1. The van der Waals surface area contributed by atoms with E-state index in [2.05, 4.69) is 42.5 Å². The number of aliphatic hydroxyl groups is 2. The zero-order valence-electron chi connectivity index (χ0n) is 8.81. The van der Waals surface area contributed by atoms with Crippen molar-refractivity contribution in [3.05, 3.63) is 42.5 Å². The Morgan fingerprint density at radius 2 is 1.47 bits per heavy atom. The number of halogens is 1. The van der Waals surface area contributed by atoms with Crippen LogP contribution in [0.1, 0.15) is 0 Å². The van der Waals surface area contributed by atoms with Crippen LogP contribution in [0.15, 0.2) is 42.5 Å². The van der Waals surface area contributed by atoms with Gasteiger partial charge in [0.1, 0.15) is 0 Å². The van der Waals surface area contributed by atoms with Gasteiger partial charge in [0.25, 0.3) is 0 Å². The largest absolute Gasteiger partial charge is 1.00 e.